The number of nitrogens with zero attached hydrogens (tertiary/aromatic N) is 1. The standard InChI is InChI=1S/C24H21ClN2O4S.ClH/c1-30-20-11-17(6-7-19(20)31-21-13-26-12-18(21)28)27-9-8-15-10-22(32-23(15)24(27)29)14-2-4-16(25)5-3-14;/h2-11,18,21,26,28H,12-13H2,1H3;1H/t18-,21-;/m0./s1. The number of aliphatic hydroxyl groups excluding tert-OH is 1. The Bertz CT molecular complexity index is 1340. The number of fused-ring (bicyclic) bond motifs is 1. The molecule has 1 saturated heterocycles. The fraction of sp³-hybridized carbons (Fsp3) is 0.208. The van der Waals surface area contributed by atoms with Crippen LogP contribution in [-0.4, -0.2) is 42.1 Å². The minimum absolute atomic E-state index is 0. The van der Waals surface area contributed by atoms with Crippen molar-refractivity contribution in [2.24, 2.45) is 0 Å². The number of β-amino-alcohol motifs (C(OH)–C–C–N with tert-alkyl or cyclic N) is 1. The Morgan fingerprint density at radius 1 is 1.09 bits per heavy atom. The van der Waals surface area contributed by atoms with E-state index in [-0.39, 0.29) is 24.1 Å². The van der Waals surface area contributed by atoms with E-state index in [0.717, 1.165) is 15.8 Å². The van der Waals surface area contributed by atoms with E-state index in [4.69, 9.17) is 21.1 Å². The molecule has 0 amide bonds. The van der Waals surface area contributed by atoms with Gasteiger partial charge < -0.3 is 19.9 Å². The molecule has 1 aliphatic rings. The number of thiophene rings is 1. The molecular weight excluding hydrogens is 483 g/mol. The Hall–Kier alpha value is -2.55. The molecule has 2 aromatic heterocycles. The van der Waals surface area contributed by atoms with Crippen LogP contribution in [0.25, 0.3) is 26.2 Å². The smallest absolute Gasteiger partial charge is 0.273 e. The lowest BCUT2D eigenvalue weighted by atomic mass is 10.2. The maximum Gasteiger partial charge on any atom is 0.273 e. The van der Waals surface area contributed by atoms with Crippen molar-refractivity contribution in [1.82, 2.24) is 9.88 Å². The minimum Gasteiger partial charge on any atom is -0.493 e. The number of rotatable bonds is 5. The predicted octanol–water partition coefficient (Wildman–Crippen LogP) is 4.51. The van der Waals surface area contributed by atoms with Crippen LogP contribution in [0, 0.1) is 0 Å². The number of hydrogen-bond acceptors (Lipinski definition) is 6. The summed E-state index contributed by atoms with van der Waals surface area (Å²) in [4.78, 5) is 14.3. The zero-order chi connectivity index (χ0) is 22.2. The highest BCUT2D eigenvalue weighted by atomic mass is 35.5. The van der Waals surface area contributed by atoms with Crippen molar-refractivity contribution in [3.8, 4) is 27.6 Å². The van der Waals surface area contributed by atoms with Crippen LogP contribution in [0.5, 0.6) is 11.5 Å². The summed E-state index contributed by atoms with van der Waals surface area (Å²) in [5.74, 6) is 1.03. The molecule has 0 bridgehead atoms. The van der Waals surface area contributed by atoms with Gasteiger partial charge in [-0.1, -0.05) is 23.7 Å². The van der Waals surface area contributed by atoms with Gasteiger partial charge in [0.15, 0.2) is 11.5 Å². The molecule has 0 spiro atoms. The van der Waals surface area contributed by atoms with Crippen molar-refractivity contribution in [2.45, 2.75) is 12.2 Å². The van der Waals surface area contributed by atoms with Crippen LogP contribution in [0.15, 0.2) is 65.6 Å². The normalized spacial score (nSPS) is 17.7. The number of benzene rings is 2. The van der Waals surface area contributed by atoms with Crippen molar-refractivity contribution >= 4 is 45.4 Å². The third-order valence-electron chi connectivity index (χ3n) is 5.54. The first-order valence-corrected chi connectivity index (χ1v) is 11.4. The topological polar surface area (TPSA) is 72.7 Å². The number of methoxy groups -OCH3 is 1. The summed E-state index contributed by atoms with van der Waals surface area (Å²) in [5.41, 5.74) is 1.60. The van der Waals surface area contributed by atoms with Crippen molar-refractivity contribution in [3.05, 3.63) is 76.2 Å². The molecular formula is C24H22Cl2N2O4S. The van der Waals surface area contributed by atoms with Gasteiger partial charge in [-0.25, -0.2) is 0 Å². The largest absolute Gasteiger partial charge is 0.493 e. The van der Waals surface area contributed by atoms with Gasteiger partial charge in [0.05, 0.1) is 12.8 Å². The van der Waals surface area contributed by atoms with E-state index in [1.54, 1.807) is 30.0 Å². The quantitative estimate of drug-likeness (QED) is 0.418. The Morgan fingerprint density at radius 2 is 1.88 bits per heavy atom. The van der Waals surface area contributed by atoms with E-state index in [2.05, 4.69) is 5.32 Å². The lowest BCUT2D eigenvalue weighted by Gasteiger charge is -2.19. The van der Waals surface area contributed by atoms with E-state index in [9.17, 15) is 9.90 Å². The maximum absolute atomic E-state index is 13.3. The molecule has 6 nitrogen and oxygen atoms in total. The fourth-order valence-electron chi connectivity index (χ4n) is 3.82. The second-order valence-corrected chi connectivity index (χ2v) is 9.10. The molecule has 0 unspecified atom stereocenters. The fourth-order valence-corrected chi connectivity index (χ4v) is 5.03. The molecule has 2 N–H and O–H groups in total. The summed E-state index contributed by atoms with van der Waals surface area (Å²) < 4.78 is 13.7. The third kappa shape index (κ3) is 4.60. The summed E-state index contributed by atoms with van der Waals surface area (Å²) >= 11 is 7.46. The predicted molar refractivity (Wildman–Crippen MR) is 135 cm³/mol. The minimum atomic E-state index is -0.571. The van der Waals surface area contributed by atoms with Gasteiger partial charge in [-0.3, -0.25) is 9.36 Å². The Balaban J connectivity index is 0.00000259. The van der Waals surface area contributed by atoms with Gasteiger partial charge in [0, 0.05) is 40.6 Å². The molecule has 3 heterocycles. The van der Waals surface area contributed by atoms with Crippen LogP contribution < -0.4 is 20.3 Å². The molecule has 0 saturated carbocycles. The molecule has 33 heavy (non-hydrogen) atoms. The lowest BCUT2D eigenvalue weighted by Crippen LogP contribution is -2.30. The number of aliphatic hydroxyl groups is 1. The monoisotopic (exact) mass is 504 g/mol. The number of ether oxygens (including phenoxy) is 2. The molecule has 2 aromatic carbocycles. The molecule has 9 heteroatoms. The van der Waals surface area contributed by atoms with Gasteiger partial charge in [-0.2, -0.15) is 0 Å². The Morgan fingerprint density at radius 3 is 2.58 bits per heavy atom. The highest BCUT2D eigenvalue weighted by molar-refractivity contribution is 7.22. The summed E-state index contributed by atoms with van der Waals surface area (Å²) in [6.45, 7) is 1.07. The summed E-state index contributed by atoms with van der Waals surface area (Å²) in [6, 6.07) is 16.9. The van der Waals surface area contributed by atoms with Gasteiger partial charge in [-0.15, -0.1) is 23.7 Å². The van der Waals surface area contributed by atoms with Crippen LogP contribution in [0.1, 0.15) is 0 Å². The average molecular weight is 505 g/mol. The van der Waals surface area contributed by atoms with Crippen molar-refractivity contribution in [2.75, 3.05) is 20.2 Å². The zero-order valence-corrected chi connectivity index (χ0v) is 20.0. The number of halogens is 2. The number of pyridine rings is 1. The highest BCUT2D eigenvalue weighted by Gasteiger charge is 2.27. The SMILES string of the molecule is COc1cc(-n2ccc3cc(-c4ccc(Cl)cc4)sc3c2=O)ccc1O[C@H]1CNC[C@@H]1O.Cl. The van der Waals surface area contributed by atoms with Gasteiger partial charge in [0.25, 0.3) is 5.56 Å². The molecule has 0 radical (unpaired) electrons. The van der Waals surface area contributed by atoms with E-state index >= 15 is 0 Å². The lowest BCUT2D eigenvalue weighted by molar-refractivity contribution is 0.0718. The first-order chi connectivity index (χ1) is 15.5. The van der Waals surface area contributed by atoms with Gasteiger partial charge in [0.2, 0.25) is 0 Å². The summed E-state index contributed by atoms with van der Waals surface area (Å²) in [5, 5.41) is 14.7. The zero-order valence-electron chi connectivity index (χ0n) is 17.7. The van der Waals surface area contributed by atoms with E-state index in [1.807, 2.05) is 42.5 Å². The second-order valence-electron chi connectivity index (χ2n) is 7.61. The third-order valence-corrected chi connectivity index (χ3v) is 6.98. The van der Waals surface area contributed by atoms with Crippen molar-refractivity contribution in [1.29, 1.82) is 0 Å². The molecule has 1 aliphatic heterocycles. The molecule has 0 aliphatic carbocycles. The van der Waals surface area contributed by atoms with Crippen LogP contribution >= 0.6 is 35.3 Å². The van der Waals surface area contributed by atoms with E-state index in [0.29, 0.717) is 40.0 Å². The first-order valence-electron chi connectivity index (χ1n) is 10.2. The molecule has 4 aromatic rings. The Kier molecular flexibility index (Phi) is 6.97. The average Bonchev–Trinajstić information content (AvgIpc) is 3.42. The molecule has 1 fully saturated rings. The maximum atomic E-state index is 13.3. The summed E-state index contributed by atoms with van der Waals surface area (Å²) in [7, 11) is 1.55. The molecule has 5 rings (SSSR count). The van der Waals surface area contributed by atoms with Crippen LogP contribution in [0.4, 0.5) is 0 Å². The highest BCUT2D eigenvalue weighted by Crippen LogP contribution is 2.34. The molecule has 2 atom stereocenters. The van der Waals surface area contributed by atoms with Crippen molar-refractivity contribution in [3.63, 3.8) is 0 Å². The first kappa shape index (κ1) is 23.6. The van der Waals surface area contributed by atoms with Crippen LogP contribution in [0.3, 0.4) is 0 Å². The number of nitrogens with one attached hydrogen (secondary N) is 1. The van der Waals surface area contributed by atoms with Gasteiger partial charge in [0.1, 0.15) is 16.9 Å². The second kappa shape index (κ2) is 9.75. The van der Waals surface area contributed by atoms with Crippen LogP contribution in [-0.2, 0) is 0 Å². The number of aromatic nitrogens is 1. The van der Waals surface area contributed by atoms with Crippen molar-refractivity contribution < 1.29 is 14.6 Å². The Labute approximate surface area is 205 Å². The molecule has 172 valence electrons. The van der Waals surface area contributed by atoms with E-state index in [1.165, 1.54) is 11.3 Å². The van der Waals surface area contributed by atoms with Gasteiger partial charge in [-0.05, 0) is 42.0 Å². The van der Waals surface area contributed by atoms with Crippen LogP contribution in [0.2, 0.25) is 5.02 Å². The number of hydrogen-bond donors (Lipinski definition) is 2. The van der Waals surface area contributed by atoms with Gasteiger partial charge >= 0.3 is 0 Å². The summed E-state index contributed by atoms with van der Waals surface area (Å²) in [6.07, 6.45) is 0.854. The van der Waals surface area contributed by atoms with E-state index < -0.39 is 6.10 Å².